The van der Waals surface area contributed by atoms with Gasteiger partial charge in [-0.25, -0.2) is 9.37 Å². The van der Waals surface area contributed by atoms with Crippen LogP contribution in [0.25, 0.3) is 0 Å². The van der Waals surface area contributed by atoms with Crippen LogP contribution in [-0.4, -0.2) is 17.4 Å². The van der Waals surface area contributed by atoms with Gasteiger partial charge in [-0.1, -0.05) is 35.9 Å². The standard InChI is InChI=1S/C21H19ClFN3O/c22-18-5-1-16(2-6-18)14-26-21(27)17-10-12-25-20(13-17)24-11-9-15-3-7-19(23)8-4-15/h1-8,10,12-13H,9,11,14H2,(H,24,25)(H,26,27). The maximum atomic E-state index is 12.9. The van der Waals surface area contributed by atoms with Crippen LogP contribution in [0.1, 0.15) is 21.5 Å². The maximum absolute atomic E-state index is 12.9. The molecule has 1 aromatic heterocycles. The van der Waals surface area contributed by atoms with Crippen molar-refractivity contribution in [2.24, 2.45) is 0 Å². The molecular weight excluding hydrogens is 365 g/mol. The molecule has 0 aliphatic rings. The van der Waals surface area contributed by atoms with Gasteiger partial charge in [0.1, 0.15) is 11.6 Å². The van der Waals surface area contributed by atoms with E-state index in [1.54, 1.807) is 42.6 Å². The molecule has 0 saturated heterocycles. The molecule has 2 aromatic carbocycles. The fraction of sp³-hybridized carbons (Fsp3) is 0.143. The van der Waals surface area contributed by atoms with Crippen molar-refractivity contribution in [2.45, 2.75) is 13.0 Å². The van der Waals surface area contributed by atoms with Gasteiger partial charge >= 0.3 is 0 Å². The highest BCUT2D eigenvalue weighted by Crippen LogP contribution is 2.11. The van der Waals surface area contributed by atoms with Crippen molar-refractivity contribution in [2.75, 3.05) is 11.9 Å². The molecular formula is C21H19ClFN3O. The number of hydrogen-bond donors (Lipinski definition) is 2. The highest BCUT2D eigenvalue weighted by molar-refractivity contribution is 6.30. The van der Waals surface area contributed by atoms with Gasteiger partial charge < -0.3 is 10.6 Å². The molecule has 0 fully saturated rings. The van der Waals surface area contributed by atoms with Crippen LogP contribution in [-0.2, 0) is 13.0 Å². The molecule has 2 N–H and O–H groups in total. The molecule has 0 radical (unpaired) electrons. The Morgan fingerprint density at radius 3 is 2.44 bits per heavy atom. The maximum Gasteiger partial charge on any atom is 0.251 e. The third-order valence-corrected chi connectivity index (χ3v) is 4.27. The van der Waals surface area contributed by atoms with Gasteiger partial charge in [0.15, 0.2) is 0 Å². The van der Waals surface area contributed by atoms with Crippen molar-refractivity contribution in [1.29, 1.82) is 0 Å². The summed E-state index contributed by atoms with van der Waals surface area (Å²) in [5, 5.41) is 6.72. The fourth-order valence-electron chi connectivity index (χ4n) is 2.54. The van der Waals surface area contributed by atoms with Crippen molar-refractivity contribution in [3.8, 4) is 0 Å². The number of carbonyl (C=O) groups excluding carboxylic acids is 1. The monoisotopic (exact) mass is 383 g/mol. The van der Waals surface area contributed by atoms with Gasteiger partial charge in [0.2, 0.25) is 0 Å². The van der Waals surface area contributed by atoms with Crippen molar-refractivity contribution < 1.29 is 9.18 Å². The molecule has 27 heavy (non-hydrogen) atoms. The predicted octanol–water partition coefficient (Wildman–Crippen LogP) is 4.46. The summed E-state index contributed by atoms with van der Waals surface area (Å²) in [5.74, 6) is 0.205. The van der Waals surface area contributed by atoms with E-state index in [-0.39, 0.29) is 11.7 Å². The first-order valence-corrected chi connectivity index (χ1v) is 8.95. The van der Waals surface area contributed by atoms with E-state index < -0.39 is 0 Å². The van der Waals surface area contributed by atoms with Crippen LogP contribution in [0.4, 0.5) is 10.2 Å². The number of halogens is 2. The lowest BCUT2D eigenvalue weighted by molar-refractivity contribution is 0.0951. The van der Waals surface area contributed by atoms with Crippen molar-refractivity contribution >= 4 is 23.3 Å². The summed E-state index contributed by atoms with van der Waals surface area (Å²) in [6, 6.07) is 17.1. The fourth-order valence-corrected chi connectivity index (χ4v) is 2.67. The molecule has 4 nitrogen and oxygen atoms in total. The molecule has 0 atom stereocenters. The average Bonchev–Trinajstić information content (AvgIpc) is 2.69. The number of nitrogens with one attached hydrogen (secondary N) is 2. The molecule has 0 saturated carbocycles. The number of aromatic nitrogens is 1. The van der Waals surface area contributed by atoms with Crippen molar-refractivity contribution in [3.05, 3.63) is 94.4 Å². The molecule has 1 heterocycles. The number of pyridine rings is 1. The number of nitrogens with zero attached hydrogens (tertiary/aromatic N) is 1. The highest BCUT2D eigenvalue weighted by Gasteiger charge is 2.07. The number of hydrogen-bond acceptors (Lipinski definition) is 3. The molecule has 0 aliphatic carbocycles. The Kier molecular flexibility index (Phi) is 6.39. The Morgan fingerprint density at radius 1 is 1.00 bits per heavy atom. The Bertz CT molecular complexity index is 898. The topological polar surface area (TPSA) is 54.0 Å². The number of amides is 1. The van der Waals surface area contributed by atoms with E-state index in [1.807, 2.05) is 12.1 Å². The van der Waals surface area contributed by atoms with E-state index in [4.69, 9.17) is 11.6 Å². The van der Waals surface area contributed by atoms with Crippen LogP contribution in [0.5, 0.6) is 0 Å². The molecule has 3 aromatic rings. The van der Waals surface area contributed by atoms with Crippen LogP contribution in [0.15, 0.2) is 66.9 Å². The number of carbonyl (C=O) groups is 1. The van der Waals surface area contributed by atoms with E-state index in [2.05, 4.69) is 15.6 Å². The highest BCUT2D eigenvalue weighted by atomic mass is 35.5. The Morgan fingerprint density at radius 2 is 1.70 bits per heavy atom. The zero-order valence-corrected chi connectivity index (χ0v) is 15.3. The molecule has 0 unspecified atom stereocenters. The lowest BCUT2D eigenvalue weighted by Gasteiger charge is -2.09. The van der Waals surface area contributed by atoms with E-state index in [1.165, 1.54) is 12.1 Å². The smallest absolute Gasteiger partial charge is 0.251 e. The minimum absolute atomic E-state index is 0.172. The summed E-state index contributed by atoms with van der Waals surface area (Å²) >= 11 is 5.86. The Labute approximate surface area is 162 Å². The van der Waals surface area contributed by atoms with Crippen LogP contribution in [0.2, 0.25) is 5.02 Å². The van der Waals surface area contributed by atoms with Crippen molar-refractivity contribution in [3.63, 3.8) is 0 Å². The second-order valence-electron chi connectivity index (χ2n) is 6.04. The summed E-state index contributed by atoms with van der Waals surface area (Å²) in [4.78, 5) is 16.6. The zero-order valence-electron chi connectivity index (χ0n) is 14.6. The summed E-state index contributed by atoms with van der Waals surface area (Å²) in [6.45, 7) is 1.06. The van der Waals surface area contributed by atoms with Crippen molar-refractivity contribution in [1.82, 2.24) is 10.3 Å². The number of benzene rings is 2. The predicted molar refractivity (Wildman–Crippen MR) is 105 cm³/mol. The molecule has 0 bridgehead atoms. The van der Waals surface area contributed by atoms with Crippen LogP contribution in [0.3, 0.4) is 0 Å². The number of rotatable bonds is 7. The Hall–Kier alpha value is -2.92. The van der Waals surface area contributed by atoms with Gasteiger partial charge in [0.25, 0.3) is 5.91 Å². The average molecular weight is 384 g/mol. The minimum Gasteiger partial charge on any atom is -0.370 e. The third kappa shape index (κ3) is 5.79. The molecule has 1 amide bonds. The van der Waals surface area contributed by atoms with E-state index >= 15 is 0 Å². The number of anilines is 1. The van der Waals surface area contributed by atoms with Gasteiger partial charge in [0.05, 0.1) is 0 Å². The lowest BCUT2D eigenvalue weighted by atomic mass is 10.1. The van der Waals surface area contributed by atoms with Crippen LogP contribution >= 0.6 is 11.6 Å². The SMILES string of the molecule is O=C(NCc1ccc(Cl)cc1)c1ccnc(NCCc2ccc(F)cc2)c1. The summed E-state index contributed by atoms with van der Waals surface area (Å²) in [5.41, 5.74) is 2.53. The minimum atomic E-state index is -0.245. The van der Waals surface area contributed by atoms with Crippen LogP contribution in [0, 0.1) is 5.82 Å². The van der Waals surface area contributed by atoms with E-state index in [0.717, 1.165) is 17.5 Å². The first-order chi connectivity index (χ1) is 13.1. The van der Waals surface area contributed by atoms with Gasteiger partial charge in [-0.05, 0) is 53.9 Å². The Balaban J connectivity index is 1.52. The summed E-state index contributed by atoms with van der Waals surface area (Å²) in [6.07, 6.45) is 2.33. The van der Waals surface area contributed by atoms with E-state index in [9.17, 15) is 9.18 Å². The molecule has 0 spiro atoms. The summed E-state index contributed by atoms with van der Waals surface area (Å²) < 4.78 is 12.9. The third-order valence-electron chi connectivity index (χ3n) is 4.02. The summed E-state index contributed by atoms with van der Waals surface area (Å²) in [7, 11) is 0. The first-order valence-electron chi connectivity index (χ1n) is 8.57. The van der Waals surface area contributed by atoms with E-state index in [0.29, 0.717) is 29.5 Å². The second-order valence-corrected chi connectivity index (χ2v) is 6.48. The lowest BCUT2D eigenvalue weighted by Crippen LogP contribution is -2.23. The quantitative estimate of drug-likeness (QED) is 0.633. The molecule has 138 valence electrons. The van der Waals surface area contributed by atoms with Gasteiger partial charge in [0, 0.05) is 29.9 Å². The first kappa shape index (κ1) is 18.9. The molecule has 3 rings (SSSR count). The van der Waals surface area contributed by atoms with Gasteiger partial charge in [-0.3, -0.25) is 4.79 Å². The molecule has 6 heteroatoms. The largest absolute Gasteiger partial charge is 0.370 e. The second kappa shape index (κ2) is 9.14. The van der Waals surface area contributed by atoms with Gasteiger partial charge in [-0.15, -0.1) is 0 Å². The van der Waals surface area contributed by atoms with Gasteiger partial charge in [-0.2, -0.15) is 0 Å². The van der Waals surface area contributed by atoms with Crippen LogP contribution < -0.4 is 10.6 Å². The normalized spacial score (nSPS) is 10.4. The molecule has 0 aliphatic heterocycles. The zero-order chi connectivity index (χ0) is 19.1.